The van der Waals surface area contributed by atoms with E-state index in [-0.39, 0.29) is 25.3 Å². The minimum absolute atomic E-state index is 0.190. The van der Waals surface area contributed by atoms with E-state index in [0.717, 1.165) is 32.4 Å². The smallest absolute Gasteiger partial charge is 0.409 e. The Morgan fingerprint density at radius 3 is 1.86 bits per heavy atom. The van der Waals surface area contributed by atoms with Crippen molar-refractivity contribution in [1.29, 1.82) is 0 Å². The van der Waals surface area contributed by atoms with Gasteiger partial charge in [0.05, 0.1) is 39.6 Å². The number of carbonyl (C=O) groups excluding carboxylic acids is 2. The first kappa shape index (κ1) is 25.0. The number of ether oxygens (including phenoxy) is 5. The van der Waals surface area contributed by atoms with E-state index >= 15 is 0 Å². The van der Waals surface area contributed by atoms with Crippen molar-refractivity contribution in [2.45, 2.75) is 37.9 Å². The summed E-state index contributed by atoms with van der Waals surface area (Å²) in [6, 6.07) is 0. The number of rotatable bonds is 15. The van der Waals surface area contributed by atoms with Crippen molar-refractivity contribution in [3.63, 3.8) is 0 Å². The molecule has 0 N–H and O–H groups in total. The Morgan fingerprint density at radius 2 is 1.36 bits per heavy atom. The van der Waals surface area contributed by atoms with Crippen LogP contribution in [0.5, 0.6) is 0 Å². The topological polar surface area (TPSA) is 83.5 Å². The third kappa shape index (κ3) is 12.4. The van der Waals surface area contributed by atoms with Crippen LogP contribution in [0.4, 0.5) is 4.79 Å². The summed E-state index contributed by atoms with van der Waals surface area (Å²) in [6.45, 7) is 6.50. The minimum Gasteiger partial charge on any atom is -0.463 e. The number of piperidine rings is 1. The molecule has 1 aliphatic heterocycles. The first-order valence-corrected chi connectivity index (χ1v) is 11.3. The number of amides is 1. The molecule has 9 heteroatoms. The number of esters is 1. The van der Waals surface area contributed by atoms with Crippen LogP contribution >= 0.6 is 11.8 Å². The predicted octanol–water partition coefficient (Wildman–Crippen LogP) is 2.34. The summed E-state index contributed by atoms with van der Waals surface area (Å²) in [5, 5.41) is 0.654. The van der Waals surface area contributed by atoms with Crippen LogP contribution in [0.2, 0.25) is 0 Å². The number of hydrogen-bond acceptors (Lipinski definition) is 8. The maximum atomic E-state index is 11.9. The highest BCUT2D eigenvalue weighted by atomic mass is 32.2. The van der Waals surface area contributed by atoms with E-state index in [1.165, 1.54) is 0 Å². The molecule has 0 saturated carbocycles. The molecule has 8 nitrogen and oxygen atoms in total. The minimum atomic E-state index is -0.253. The monoisotopic (exact) mass is 421 g/mol. The lowest BCUT2D eigenvalue weighted by molar-refractivity contribution is -0.145. The highest BCUT2D eigenvalue weighted by molar-refractivity contribution is 7.99. The molecule has 1 saturated heterocycles. The van der Waals surface area contributed by atoms with E-state index in [9.17, 15) is 9.59 Å². The van der Waals surface area contributed by atoms with Crippen LogP contribution in [0.3, 0.4) is 0 Å². The van der Waals surface area contributed by atoms with Crippen molar-refractivity contribution in [3.05, 3.63) is 0 Å². The summed E-state index contributed by atoms with van der Waals surface area (Å²) in [5.41, 5.74) is 0. The molecule has 1 rings (SSSR count). The van der Waals surface area contributed by atoms with Crippen molar-refractivity contribution in [1.82, 2.24) is 4.90 Å². The first-order valence-electron chi connectivity index (χ1n) is 10.0. The second-order valence-electron chi connectivity index (χ2n) is 6.34. The lowest BCUT2D eigenvalue weighted by Crippen LogP contribution is -2.39. The third-order valence-corrected chi connectivity index (χ3v) is 5.31. The maximum Gasteiger partial charge on any atom is 0.409 e. The quantitative estimate of drug-likeness (QED) is 0.294. The van der Waals surface area contributed by atoms with Crippen LogP contribution < -0.4 is 0 Å². The molecule has 0 atom stereocenters. The van der Waals surface area contributed by atoms with E-state index in [4.69, 9.17) is 23.7 Å². The molecule has 164 valence electrons. The summed E-state index contributed by atoms with van der Waals surface area (Å²) in [7, 11) is 0. The summed E-state index contributed by atoms with van der Waals surface area (Å²) in [5.74, 6) is -0.190. The first-order chi connectivity index (χ1) is 13.7. The second kappa shape index (κ2) is 16.9. The molecule has 1 heterocycles. The number of carbonyl (C=O) groups is 2. The molecule has 1 amide bonds. The van der Waals surface area contributed by atoms with Gasteiger partial charge in [-0.05, 0) is 25.5 Å². The number of likely N-dealkylation sites (tertiary alicyclic amines) is 1. The normalized spacial score (nSPS) is 14.9. The third-order valence-electron chi connectivity index (χ3n) is 4.18. The van der Waals surface area contributed by atoms with E-state index in [1.54, 1.807) is 4.90 Å². The second-order valence-corrected chi connectivity index (χ2v) is 7.48. The van der Waals surface area contributed by atoms with Gasteiger partial charge in [0.2, 0.25) is 0 Å². The molecule has 1 aliphatic rings. The molecule has 0 radical (unpaired) electrons. The van der Waals surface area contributed by atoms with E-state index in [0.29, 0.717) is 51.3 Å². The summed E-state index contributed by atoms with van der Waals surface area (Å²) in [4.78, 5) is 24.8. The van der Waals surface area contributed by atoms with E-state index in [2.05, 4.69) is 6.26 Å². The molecule has 0 unspecified atom stereocenters. The van der Waals surface area contributed by atoms with Gasteiger partial charge in [0.15, 0.2) is 0 Å². The van der Waals surface area contributed by atoms with Gasteiger partial charge in [-0.15, -0.1) is 0 Å². The highest BCUT2D eigenvalue weighted by Crippen LogP contribution is 2.21. The van der Waals surface area contributed by atoms with Gasteiger partial charge in [0, 0.05) is 24.8 Å². The summed E-state index contributed by atoms with van der Waals surface area (Å²) in [6.07, 6.45) is 5.14. The lowest BCUT2D eigenvalue weighted by Gasteiger charge is -2.30. The van der Waals surface area contributed by atoms with Gasteiger partial charge < -0.3 is 28.6 Å². The largest absolute Gasteiger partial charge is 0.463 e. The van der Waals surface area contributed by atoms with Gasteiger partial charge in [-0.3, -0.25) is 4.79 Å². The predicted molar refractivity (Wildman–Crippen MR) is 108 cm³/mol. The Labute approximate surface area is 172 Å². The van der Waals surface area contributed by atoms with Crippen molar-refractivity contribution in [3.8, 4) is 0 Å². The maximum absolute atomic E-state index is 11.9. The Bertz CT molecular complexity index is 417. The molecule has 0 aromatic rings. The van der Waals surface area contributed by atoms with Crippen LogP contribution in [0, 0.1) is 0 Å². The number of thioether (sulfide) groups is 1. The zero-order valence-electron chi connectivity index (χ0n) is 17.2. The van der Waals surface area contributed by atoms with Gasteiger partial charge in [0.1, 0.15) is 13.2 Å². The van der Waals surface area contributed by atoms with Gasteiger partial charge in [-0.1, -0.05) is 6.92 Å². The average Bonchev–Trinajstić information content (AvgIpc) is 2.71. The molecule has 0 bridgehead atoms. The number of hydrogen-bond donors (Lipinski definition) is 0. The van der Waals surface area contributed by atoms with Crippen molar-refractivity contribution >= 4 is 23.8 Å². The average molecular weight is 422 g/mol. The van der Waals surface area contributed by atoms with Gasteiger partial charge in [0.25, 0.3) is 0 Å². The Kier molecular flexibility index (Phi) is 15.1. The summed E-state index contributed by atoms with van der Waals surface area (Å²) < 4.78 is 26.2. The highest BCUT2D eigenvalue weighted by Gasteiger charge is 2.22. The fourth-order valence-corrected chi connectivity index (χ4v) is 3.27. The zero-order valence-corrected chi connectivity index (χ0v) is 18.0. The van der Waals surface area contributed by atoms with Crippen molar-refractivity contribution in [2.75, 3.05) is 72.2 Å². The standard InChI is InChI=1S/C19H35NO7S/c1-3-4-18(21)26-15-13-24-11-9-23-10-12-25-14-16-27-19(22)20-7-5-17(28-2)6-8-20/h17H,3-16H2,1-2H3. The lowest BCUT2D eigenvalue weighted by atomic mass is 10.1. The van der Waals surface area contributed by atoms with Crippen LogP contribution in [0.1, 0.15) is 32.6 Å². The van der Waals surface area contributed by atoms with E-state index < -0.39 is 0 Å². The van der Waals surface area contributed by atoms with Crippen LogP contribution in [0.25, 0.3) is 0 Å². The molecule has 28 heavy (non-hydrogen) atoms. The fraction of sp³-hybridized carbons (Fsp3) is 0.895. The number of nitrogens with zero attached hydrogens (tertiary/aromatic N) is 1. The van der Waals surface area contributed by atoms with Crippen molar-refractivity contribution in [2.24, 2.45) is 0 Å². The molecule has 0 aromatic heterocycles. The summed E-state index contributed by atoms with van der Waals surface area (Å²) >= 11 is 1.86. The zero-order chi connectivity index (χ0) is 20.5. The Balaban J connectivity index is 1.81. The molecule has 0 spiro atoms. The van der Waals surface area contributed by atoms with Gasteiger partial charge in [-0.2, -0.15) is 11.8 Å². The fourth-order valence-electron chi connectivity index (χ4n) is 2.59. The van der Waals surface area contributed by atoms with Gasteiger partial charge >= 0.3 is 12.1 Å². The van der Waals surface area contributed by atoms with Crippen LogP contribution in [-0.2, 0) is 28.5 Å². The Morgan fingerprint density at radius 1 is 0.857 bits per heavy atom. The van der Waals surface area contributed by atoms with Crippen LogP contribution in [0.15, 0.2) is 0 Å². The Hall–Kier alpha value is -1.03. The SMILES string of the molecule is CCCC(=O)OCCOCCOCCOCCOC(=O)N1CCC(SC)CC1. The molecule has 0 aromatic carbocycles. The molecule has 0 aliphatic carbocycles. The van der Waals surface area contributed by atoms with Crippen molar-refractivity contribution < 1.29 is 33.3 Å². The van der Waals surface area contributed by atoms with E-state index in [1.807, 2.05) is 18.7 Å². The molecular formula is C19H35NO7S. The van der Waals surface area contributed by atoms with Crippen LogP contribution in [-0.4, -0.2) is 94.4 Å². The molecule has 1 fully saturated rings. The molecular weight excluding hydrogens is 386 g/mol. The van der Waals surface area contributed by atoms with Gasteiger partial charge in [-0.25, -0.2) is 4.79 Å².